The summed E-state index contributed by atoms with van der Waals surface area (Å²) < 4.78 is 0. The first kappa shape index (κ1) is 22.5. The lowest BCUT2D eigenvalue weighted by atomic mass is 9.33. The van der Waals surface area contributed by atoms with Gasteiger partial charge in [-0.15, -0.1) is 0 Å². The standard InChI is InChI=1S/C30H50O/c1-19(2)20-11-14-27(5)17-18-29(7)22-9-10-23-26(3,4)24(31)13-15-28(23,6)21(22)12-16-30(29,8)25(20)27/h20-25,31H,1,9-18H2,2-8H3/t20-,21-,22+,23-,24-,25-,27+,28+,29+,30+/m0/s1. The molecular formula is C30H50O. The topological polar surface area (TPSA) is 20.2 Å². The number of hydrogen-bond acceptors (Lipinski definition) is 1. The van der Waals surface area contributed by atoms with Crippen LogP contribution in [0.4, 0.5) is 0 Å². The first-order valence-corrected chi connectivity index (χ1v) is 13.6. The monoisotopic (exact) mass is 426 g/mol. The van der Waals surface area contributed by atoms with Crippen molar-refractivity contribution in [1.82, 2.24) is 0 Å². The van der Waals surface area contributed by atoms with E-state index in [1.165, 1.54) is 63.4 Å². The molecule has 0 spiro atoms. The zero-order valence-corrected chi connectivity index (χ0v) is 21.7. The number of rotatable bonds is 1. The molecule has 1 N–H and O–H groups in total. The molecule has 5 fully saturated rings. The summed E-state index contributed by atoms with van der Waals surface area (Å²) in [6, 6.07) is 0. The van der Waals surface area contributed by atoms with E-state index in [9.17, 15) is 5.11 Å². The van der Waals surface area contributed by atoms with Crippen LogP contribution in [0.1, 0.15) is 113 Å². The Labute approximate surface area is 192 Å². The minimum Gasteiger partial charge on any atom is -0.393 e. The summed E-state index contributed by atoms with van der Waals surface area (Å²) in [5, 5.41) is 10.9. The lowest BCUT2D eigenvalue weighted by Crippen LogP contribution is -2.65. The normalized spacial score (nSPS) is 57.9. The molecule has 0 heterocycles. The van der Waals surface area contributed by atoms with Crippen molar-refractivity contribution < 1.29 is 5.11 Å². The molecule has 176 valence electrons. The van der Waals surface area contributed by atoms with Crippen molar-refractivity contribution in [3.8, 4) is 0 Å². The summed E-state index contributed by atoms with van der Waals surface area (Å²) in [5.41, 5.74) is 3.39. The Morgan fingerprint density at radius 2 is 1.45 bits per heavy atom. The molecule has 0 radical (unpaired) electrons. The van der Waals surface area contributed by atoms with Crippen LogP contribution in [-0.4, -0.2) is 11.2 Å². The van der Waals surface area contributed by atoms with Crippen molar-refractivity contribution in [1.29, 1.82) is 0 Å². The van der Waals surface area contributed by atoms with Crippen LogP contribution in [0.3, 0.4) is 0 Å². The van der Waals surface area contributed by atoms with Crippen molar-refractivity contribution in [2.75, 3.05) is 0 Å². The van der Waals surface area contributed by atoms with Gasteiger partial charge in [-0.3, -0.25) is 0 Å². The summed E-state index contributed by atoms with van der Waals surface area (Å²) in [4.78, 5) is 0. The predicted octanol–water partition coefficient (Wildman–Crippen LogP) is 8.02. The van der Waals surface area contributed by atoms with Gasteiger partial charge in [0.25, 0.3) is 0 Å². The quantitative estimate of drug-likeness (QED) is 0.421. The maximum Gasteiger partial charge on any atom is 0.0594 e. The molecule has 5 aliphatic rings. The second-order valence-corrected chi connectivity index (χ2v) is 14.7. The molecule has 31 heavy (non-hydrogen) atoms. The van der Waals surface area contributed by atoms with Crippen LogP contribution in [0.5, 0.6) is 0 Å². The van der Waals surface area contributed by atoms with Crippen molar-refractivity contribution in [2.24, 2.45) is 56.7 Å². The Balaban J connectivity index is 1.54. The van der Waals surface area contributed by atoms with Gasteiger partial charge in [-0.25, -0.2) is 0 Å². The van der Waals surface area contributed by atoms with E-state index in [4.69, 9.17) is 0 Å². The highest BCUT2D eigenvalue weighted by molar-refractivity contribution is 5.21. The van der Waals surface area contributed by atoms with Gasteiger partial charge in [0, 0.05) is 0 Å². The number of fused-ring (bicyclic) bond motifs is 7. The minimum atomic E-state index is -0.114. The predicted molar refractivity (Wildman–Crippen MR) is 131 cm³/mol. The third-order valence-electron chi connectivity index (χ3n) is 13.4. The molecule has 0 aliphatic heterocycles. The smallest absolute Gasteiger partial charge is 0.0594 e. The molecule has 5 rings (SSSR count). The molecular weight excluding hydrogens is 376 g/mol. The molecule has 5 aliphatic carbocycles. The molecule has 10 atom stereocenters. The molecule has 0 amide bonds. The van der Waals surface area contributed by atoms with E-state index in [1.807, 2.05) is 0 Å². The Morgan fingerprint density at radius 1 is 0.742 bits per heavy atom. The van der Waals surface area contributed by atoms with Gasteiger partial charge in [0.15, 0.2) is 0 Å². The number of aliphatic hydroxyl groups excluding tert-OH is 1. The highest BCUT2D eigenvalue weighted by atomic mass is 16.3. The van der Waals surface area contributed by atoms with Crippen LogP contribution in [0.2, 0.25) is 0 Å². The number of hydrogen-bond donors (Lipinski definition) is 1. The van der Waals surface area contributed by atoms with Gasteiger partial charge < -0.3 is 5.11 Å². The van der Waals surface area contributed by atoms with E-state index in [0.29, 0.717) is 27.6 Å². The molecule has 0 aromatic heterocycles. The van der Waals surface area contributed by atoms with Crippen LogP contribution in [0.15, 0.2) is 12.2 Å². The lowest BCUT2D eigenvalue weighted by Gasteiger charge is -2.72. The van der Waals surface area contributed by atoms with E-state index >= 15 is 0 Å². The van der Waals surface area contributed by atoms with Crippen molar-refractivity contribution in [3.63, 3.8) is 0 Å². The summed E-state index contributed by atoms with van der Waals surface area (Å²) in [5.74, 6) is 3.97. The molecule has 5 saturated carbocycles. The van der Waals surface area contributed by atoms with E-state index in [1.54, 1.807) is 0 Å². The molecule has 0 unspecified atom stereocenters. The zero-order valence-electron chi connectivity index (χ0n) is 21.7. The summed E-state index contributed by atoms with van der Waals surface area (Å²) in [6.45, 7) is 22.3. The SMILES string of the molecule is C=C(C)[C@@H]1CC[C@]2(C)CC[C@]3(C)[C@@H]4CC[C@H]5C(C)(C)[C@@H](O)CC[C@]5(C)[C@H]4CC[C@]3(C)[C@@H]12. The molecule has 0 saturated heterocycles. The van der Waals surface area contributed by atoms with Gasteiger partial charge in [0.05, 0.1) is 6.10 Å². The molecule has 1 heteroatoms. The van der Waals surface area contributed by atoms with Gasteiger partial charge in [0.1, 0.15) is 0 Å². The van der Waals surface area contributed by atoms with Gasteiger partial charge in [-0.2, -0.15) is 0 Å². The van der Waals surface area contributed by atoms with Crippen LogP contribution >= 0.6 is 0 Å². The second-order valence-electron chi connectivity index (χ2n) is 14.7. The fourth-order valence-electron chi connectivity index (χ4n) is 11.5. The largest absolute Gasteiger partial charge is 0.393 e. The Morgan fingerprint density at radius 3 is 2.13 bits per heavy atom. The summed E-state index contributed by atoms with van der Waals surface area (Å²) in [7, 11) is 0. The molecule has 0 aromatic carbocycles. The van der Waals surface area contributed by atoms with Crippen LogP contribution in [0, 0.1) is 56.7 Å². The van der Waals surface area contributed by atoms with Gasteiger partial charge in [0.2, 0.25) is 0 Å². The number of allylic oxidation sites excluding steroid dienone is 1. The van der Waals surface area contributed by atoms with Crippen LogP contribution in [-0.2, 0) is 0 Å². The van der Waals surface area contributed by atoms with E-state index < -0.39 is 0 Å². The first-order chi connectivity index (χ1) is 14.3. The summed E-state index contributed by atoms with van der Waals surface area (Å²) in [6.07, 6.45) is 13.4. The minimum absolute atomic E-state index is 0.0707. The average molecular weight is 427 g/mol. The maximum absolute atomic E-state index is 10.9. The van der Waals surface area contributed by atoms with Crippen molar-refractivity contribution in [2.45, 2.75) is 119 Å². The third-order valence-corrected chi connectivity index (χ3v) is 13.4. The van der Waals surface area contributed by atoms with Crippen molar-refractivity contribution in [3.05, 3.63) is 12.2 Å². The summed E-state index contributed by atoms with van der Waals surface area (Å²) >= 11 is 0. The Hall–Kier alpha value is -0.300. The molecule has 0 bridgehead atoms. The van der Waals surface area contributed by atoms with Gasteiger partial charge in [-0.05, 0) is 128 Å². The highest BCUT2D eigenvalue weighted by Crippen LogP contribution is 2.77. The number of aliphatic hydroxyl groups is 1. The Bertz CT molecular complexity index is 766. The second kappa shape index (κ2) is 6.64. The highest BCUT2D eigenvalue weighted by Gasteiger charge is 2.70. The Kier molecular flexibility index (Phi) is 4.82. The fourth-order valence-corrected chi connectivity index (χ4v) is 11.5. The van der Waals surface area contributed by atoms with Crippen LogP contribution < -0.4 is 0 Å². The average Bonchev–Trinajstić information content (AvgIpc) is 3.06. The maximum atomic E-state index is 10.9. The van der Waals surface area contributed by atoms with Crippen LogP contribution in [0.25, 0.3) is 0 Å². The van der Waals surface area contributed by atoms with E-state index in [2.05, 4.69) is 55.0 Å². The fraction of sp³-hybridized carbons (Fsp3) is 0.933. The van der Waals surface area contributed by atoms with Crippen molar-refractivity contribution >= 4 is 0 Å². The first-order valence-electron chi connectivity index (χ1n) is 13.6. The van der Waals surface area contributed by atoms with Gasteiger partial charge in [-0.1, -0.05) is 53.7 Å². The molecule has 1 nitrogen and oxygen atoms in total. The van der Waals surface area contributed by atoms with E-state index in [-0.39, 0.29) is 11.5 Å². The van der Waals surface area contributed by atoms with E-state index in [0.717, 1.165) is 30.1 Å². The molecule has 0 aromatic rings. The lowest BCUT2D eigenvalue weighted by molar-refractivity contribution is -0.236. The third kappa shape index (κ3) is 2.65. The zero-order chi connectivity index (χ0) is 22.6. The van der Waals surface area contributed by atoms with Gasteiger partial charge >= 0.3 is 0 Å².